The van der Waals surface area contributed by atoms with Gasteiger partial charge in [-0.1, -0.05) is 24.3 Å². The quantitative estimate of drug-likeness (QED) is 0.840. The van der Waals surface area contributed by atoms with E-state index in [1.807, 2.05) is 48.5 Å². The van der Waals surface area contributed by atoms with Crippen LogP contribution in [0, 0.1) is 0 Å². The molecular formula is C16H15NO3. The van der Waals surface area contributed by atoms with Crippen molar-refractivity contribution < 1.29 is 14.3 Å². The van der Waals surface area contributed by atoms with E-state index < -0.39 is 6.10 Å². The van der Waals surface area contributed by atoms with Crippen molar-refractivity contribution in [3.05, 3.63) is 48.5 Å². The molecule has 2 aromatic rings. The van der Waals surface area contributed by atoms with Crippen molar-refractivity contribution in [2.45, 2.75) is 13.0 Å². The van der Waals surface area contributed by atoms with Crippen LogP contribution < -0.4 is 14.4 Å². The Hall–Kier alpha value is -2.49. The highest BCUT2D eigenvalue weighted by atomic mass is 16.5. The normalized spacial score (nSPS) is 17.4. The first-order valence-electron chi connectivity index (χ1n) is 6.45. The Labute approximate surface area is 117 Å². The highest BCUT2D eigenvalue weighted by Crippen LogP contribution is 2.41. The van der Waals surface area contributed by atoms with Gasteiger partial charge in [-0.3, -0.25) is 9.69 Å². The zero-order valence-electron chi connectivity index (χ0n) is 11.4. The lowest BCUT2D eigenvalue weighted by atomic mass is 10.1. The second kappa shape index (κ2) is 4.89. The van der Waals surface area contributed by atoms with E-state index in [0.717, 1.165) is 11.4 Å². The molecule has 1 aliphatic rings. The molecule has 4 nitrogen and oxygen atoms in total. The molecule has 20 heavy (non-hydrogen) atoms. The van der Waals surface area contributed by atoms with E-state index in [9.17, 15) is 4.79 Å². The van der Waals surface area contributed by atoms with Gasteiger partial charge in [-0.05, 0) is 31.2 Å². The summed E-state index contributed by atoms with van der Waals surface area (Å²) in [4.78, 5) is 14.2. The number of amides is 1. The minimum absolute atomic E-state index is 0.104. The minimum Gasteiger partial charge on any atom is -0.495 e. The smallest absolute Gasteiger partial charge is 0.272 e. The summed E-state index contributed by atoms with van der Waals surface area (Å²) in [5.74, 6) is 1.25. The zero-order valence-corrected chi connectivity index (χ0v) is 11.4. The largest absolute Gasteiger partial charge is 0.495 e. The number of hydrogen-bond donors (Lipinski definition) is 0. The van der Waals surface area contributed by atoms with Gasteiger partial charge >= 0.3 is 0 Å². The number of carbonyl (C=O) groups is 1. The van der Waals surface area contributed by atoms with Gasteiger partial charge in [0.2, 0.25) is 0 Å². The van der Waals surface area contributed by atoms with E-state index in [4.69, 9.17) is 9.47 Å². The highest BCUT2D eigenvalue weighted by Gasteiger charge is 2.33. The molecule has 1 amide bonds. The Morgan fingerprint density at radius 2 is 1.70 bits per heavy atom. The van der Waals surface area contributed by atoms with Crippen LogP contribution in [0.2, 0.25) is 0 Å². The number of para-hydroxylation sites is 4. The topological polar surface area (TPSA) is 38.8 Å². The van der Waals surface area contributed by atoms with E-state index in [0.29, 0.717) is 11.5 Å². The van der Waals surface area contributed by atoms with Crippen molar-refractivity contribution in [3.8, 4) is 11.5 Å². The molecule has 3 rings (SSSR count). The highest BCUT2D eigenvalue weighted by molar-refractivity contribution is 6.06. The van der Waals surface area contributed by atoms with E-state index in [2.05, 4.69) is 0 Å². The van der Waals surface area contributed by atoms with Crippen LogP contribution in [-0.4, -0.2) is 19.1 Å². The third-order valence-corrected chi connectivity index (χ3v) is 3.30. The lowest BCUT2D eigenvalue weighted by Gasteiger charge is -2.33. The molecule has 0 fully saturated rings. The molecule has 102 valence electrons. The van der Waals surface area contributed by atoms with Crippen molar-refractivity contribution in [2.24, 2.45) is 0 Å². The van der Waals surface area contributed by atoms with Gasteiger partial charge in [0.15, 0.2) is 6.10 Å². The molecule has 2 aromatic carbocycles. The average Bonchev–Trinajstić information content (AvgIpc) is 2.49. The first-order chi connectivity index (χ1) is 9.72. The third-order valence-electron chi connectivity index (χ3n) is 3.30. The molecule has 1 heterocycles. The number of carbonyl (C=O) groups excluding carboxylic acids is 1. The van der Waals surface area contributed by atoms with Crippen LogP contribution in [0.15, 0.2) is 48.5 Å². The maximum absolute atomic E-state index is 12.5. The van der Waals surface area contributed by atoms with E-state index in [-0.39, 0.29) is 5.91 Å². The number of rotatable bonds is 2. The zero-order chi connectivity index (χ0) is 14.1. The predicted molar refractivity (Wildman–Crippen MR) is 76.7 cm³/mol. The van der Waals surface area contributed by atoms with Crippen LogP contribution in [0.3, 0.4) is 0 Å². The van der Waals surface area contributed by atoms with Crippen LogP contribution in [0.4, 0.5) is 11.4 Å². The standard InChI is InChI=1S/C16H15NO3/c1-11-16(18)17(12-7-3-5-9-14(12)19-2)13-8-4-6-10-15(13)20-11/h3-11H,1-2H3. The van der Waals surface area contributed by atoms with Gasteiger partial charge < -0.3 is 9.47 Å². The molecule has 1 aliphatic heterocycles. The number of benzene rings is 2. The summed E-state index contributed by atoms with van der Waals surface area (Å²) >= 11 is 0. The molecule has 0 aromatic heterocycles. The van der Waals surface area contributed by atoms with Gasteiger partial charge in [-0.15, -0.1) is 0 Å². The molecule has 0 aliphatic carbocycles. The summed E-state index contributed by atoms with van der Waals surface area (Å²) < 4.78 is 11.0. The first kappa shape index (κ1) is 12.5. The number of anilines is 2. The van der Waals surface area contributed by atoms with Crippen LogP contribution >= 0.6 is 0 Å². The van der Waals surface area contributed by atoms with Crippen LogP contribution in [0.5, 0.6) is 11.5 Å². The van der Waals surface area contributed by atoms with Crippen LogP contribution in [0.25, 0.3) is 0 Å². The van der Waals surface area contributed by atoms with Gasteiger partial charge in [-0.25, -0.2) is 0 Å². The van der Waals surface area contributed by atoms with Crippen molar-refractivity contribution in [1.29, 1.82) is 0 Å². The Kier molecular flexibility index (Phi) is 3.06. The summed E-state index contributed by atoms with van der Waals surface area (Å²) in [6, 6.07) is 15.0. The lowest BCUT2D eigenvalue weighted by Crippen LogP contribution is -2.41. The predicted octanol–water partition coefficient (Wildman–Crippen LogP) is 3.14. The summed E-state index contributed by atoms with van der Waals surface area (Å²) in [6.07, 6.45) is -0.519. The van der Waals surface area contributed by atoms with Crippen LogP contribution in [-0.2, 0) is 4.79 Å². The van der Waals surface area contributed by atoms with E-state index in [1.54, 1.807) is 18.9 Å². The lowest BCUT2D eigenvalue weighted by molar-refractivity contribution is -0.124. The molecule has 0 radical (unpaired) electrons. The van der Waals surface area contributed by atoms with E-state index >= 15 is 0 Å². The maximum atomic E-state index is 12.5. The summed E-state index contributed by atoms with van der Waals surface area (Å²) in [5, 5.41) is 0. The van der Waals surface area contributed by atoms with Gasteiger partial charge in [0, 0.05) is 0 Å². The number of fused-ring (bicyclic) bond motifs is 1. The second-order valence-electron chi connectivity index (χ2n) is 4.57. The average molecular weight is 269 g/mol. The summed E-state index contributed by atoms with van der Waals surface area (Å²) in [5.41, 5.74) is 1.46. The minimum atomic E-state index is -0.519. The van der Waals surface area contributed by atoms with Gasteiger partial charge in [0.1, 0.15) is 11.5 Å². The SMILES string of the molecule is COc1ccccc1N1C(=O)C(C)Oc2ccccc21. The Bertz CT molecular complexity index is 654. The number of hydrogen-bond acceptors (Lipinski definition) is 3. The summed E-state index contributed by atoms with van der Waals surface area (Å²) in [7, 11) is 1.60. The van der Waals surface area contributed by atoms with Crippen molar-refractivity contribution in [1.82, 2.24) is 0 Å². The van der Waals surface area contributed by atoms with Crippen LogP contribution in [0.1, 0.15) is 6.92 Å². The summed E-state index contributed by atoms with van der Waals surface area (Å²) in [6.45, 7) is 1.75. The monoisotopic (exact) mass is 269 g/mol. The van der Waals surface area contributed by atoms with Gasteiger partial charge in [0.25, 0.3) is 5.91 Å². The number of methoxy groups -OCH3 is 1. The maximum Gasteiger partial charge on any atom is 0.272 e. The molecule has 4 heteroatoms. The molecule has 0 spiro atoms. The van der Waals surface area contributed by atoms with Gasteiger partial charge in [0.05, 0.1) is 18.5 Å². The molecule has 0 saturated heterocycles. The Morgan fingerprint density at radius 1 is 1.05 bits per heavy atom. The fourth-order valence-corrected chi connectivity index (χ4v) is 2.35. The molecule has 1 unspecified atom stereocenters. The van der Waals surface area contributed by atoms with Crippen molar-refractivity contribution in [3.63, 3.8) is 0 Å². The van der Waals surface area contributed by atoms with E-state index in [1.165, 1.54) is 0 Å². The van der Waals surface area contributed by atoms with Crippen molar-refractivity contribution >= 4 is 17.3 Å². The molecule has 0 bridgehead atoms. The molecular weight excluding hydrogens is 254 g/mol. The van der Waals surface area contributed by atoms with Crippen molar-refractivity contribution in [2.75, 3.05) is 12.0 Å². The Balaban J connectivity index is 2.18. The first-order valence-corrected chi connectivity index (χ1v) is 6.45. The van der Waals surface area contributed by atoms with Gasteiger partial charge in [-0.2, -0.15) is 0 Å². The molecule has 1 atom stereocenters. The molecule has 0 saturated carbocycles. The number of ether oxygens (including phenoxy) is 2. The third kappa shape index (κ3) is 1.90. The Morgan fingerprint density at radius 3 is 2.45 bits per heavy atom. The number of nitrogens with zero attached hydrogens (tertiary/aromatic N) is 1. The fourth-order valence-electron chi connectivity index (χ4n) is 2.35. The molecule has 0 N–H and O–H groups in total. The fraction of sp³-hybridized carbons (Fsp3) is 0.188. The second-order valence-corrected chi connectivity index (χ2v) is 4.57.